The number of benzene rings is 1. The summed E-state index contributed by atoms with van der Waals surface area (Å²) in [5, 5.41) is 2.57. The summed E-state index contributed by atoms with van der Waals surface area (Å²) in [4.78, 5) is 22.9. The summed E-state index contributed by atoms with van der Waals surface area (Å²) in [6.07, 6.45) is 0.288. The lowest BCUT2D eigenvalue weighted by Gasteiger charge is -2.04. The smallest absolute Gasteiger partial charge is 0.222 e. The highest BCUT2D eigenvalue weighted by atomic mass is 16.5. The van der Waals surface area contributed by atoms with Crippen LogP contribution in [0.5, 0.6) is 0 Å². The molecule has 0 fully saturated rings. The molecule has 0 radical (unpaired) electrons. The first-order valence-electron chi connectivity index (χ1n) is 5.66. The molecule has 0 bridgehead atoms. The molecule has 4 nitrogen and oxygen atoms in total. The maximum Gasteiger partial charge on any atom is 0.222 e. The molecule has 0 aliphatic rings. The summed E-state index contributed by atoms with van der Waals surface area (Å²) in [5.74, 6) is -0.252. The minimum Gasteiger partial charge on any atom is -0.381 e. The summed E-state index contributed by atoms with van der Waals surface area (Å²) in [5.41, 5.74) is 0.609. The maximum atomic E-state index is 11.6. The van der Waals surface area contributed by atoms with Gasteiger partial charge in [-0.1, -0.05) is 30.3 Å². The third-order valence-corrected chi connectivity index (χ3v) is 2.22. The third-order valence-electron chi connectivity index (χ3n) is 2.22. The molecule has 92 valence electrons. The van der Waals surface area contributed by atoms with Crippen LogP contribution in [-0.4, -0.2) is 31.4 Å². The van der Waals surface area contributed by atoms with Crippen molar-refractivity contribution in [3.05, 3.63) is 35.9 Å². The number of ketones is 1. The number of ether oxygens (including phenoxy) is 1. The van der Waals surface area contributed by atoms with E-state index in [1.54, 1.807) is 24.3 Å². The van der Waals surface area contributed by atoms with E-state index in [-0.39, 0.29) is 24.7 Å². The minimum absolute atomic E-state index is 0.0367. The Hall–Kier alpha value is -1.68. The predicted octanol–water partition coefficient (Wildman–Crippen LogP) is 1.41. The molecular weight excluding hydrogens is 218 g/mol. The molecule has 1 N–H and O–H groups in total. The average molecular weight is 235 g/mol. The number of carbonyl (C=O) groups is 2. The number of amides is 1. The van der Waals surface area contributed by atoms with Gasteiger partial charge in [0, 0.05) is 18.6 Å². The molecule has 1 rings (SSSR count). The Morgan fingerprint density at radius 3 is 2.59 bits per heavy atom. The zero-order valence-electron chi connectivity index (χ0n) is 9.94. The van der Waals surface area contributed by atoms with E-state index in [0.29, 0.717) is 18.8 Å². The van der Waals surface area contributed by atoms with E-state index in [0.717, 1.165) is 0 Å². The molecule has 0 saturated heterocycles. The summed E-state index contributed by atoms with van der Waals surface area (Å²) in [6.45, 7) is 2.89. The summed E-state index contributed by atoms with van der Waals surface area (Å²) < 4.78 is 5.05. The molecule has 0 aromatic heterocycles. The highest BCUT2D eigenvalue weighted by Gasteiger charge is 2.07. The molecule has 0 heterocycles. The molecule has 0 aliphatic carbocycles. The fourth-order valence-electron chi connectivity index (χ4n) is 1.30. The Bertz CT molecular complexity index is 362. The number of hydrogen-bond acceptors (Lipinski definition) is 3. The molecule has 4 heteroatoms. The van der Waals surface area contributed by atoms with Crippen LogP contribution in [0.3, 0.4) is 0 Å². The van der Waals surface area contributed by atoms with E-state index in [1.165, 1.54) is 0 Å². The normalized spacial score (nSPS) is 9.94. The quantitative estimate of drug-likeness (QED) is 0.574. The van der Waals surface area contributed by atoms with Gasteiger partial charge in [0.2, 0.25) is 5.91 Å². The van der Waals surface area contributed by atoms with E-state index < -0.39 is 0 Å². The van der Waals surface area contributed by atoms with Gasteiger partial charge in [-0.2, -0.15) is 0 Å². The molecule has 0 saturated carbocycles. The third kappa shape index (κ3) is 5.26. The van der Waals surface area contributed by atoms with Crippen LogP contribution in [0.1, 0.15) is 23.7 Å². The van der Waals surface area contributed by atoms with E-state index in [9.17, 15) is 9.59 Å². The Morgan fingerprint density at radius 2 is 1.94 bits per heavy atom. The van der Waals surface area contributed by atoms with Crippen LogP contribution >= 0.6 is 0 Å². The number of nitrogens with one attached hydrogen (secondary N) is 1. The van der Waals surface area contributed by atoms with Crippen LogP contribution in [0, 0.1) is 0 Å². The van der Waals surface area contributed by atoms with Crippen molar-refractivity contribution in [1.29, 1.82) is 0 Å². The lowest BCUT2D eigenvalue weighted by atomic mass is 10.1. The van der Waals surface area contributed by atoms with Gasteiger partial charge in [-0.25, -0.2) is 0 Å². The summed E-state index contributed by atoms with van der Waals surface area (Å²) in [7, 11) is 0. The van der Waals surface area contributed by atoms with Gasteiger partial charge in [-0.15, -0.1) is 0 Å². The molecule has 17 heavy (non-hydrogen) atoms. The first-order valence-corrected chi connectivity index (χ1v) is 5.66. The minimum atomic E-state index is -0.164. The SMILES string of the molecule is CCOCCC(=O)NCC(=O)c1ccccc1. The van der Waals surface area contributed by atoms with Crippen molar-refractivity contribution in [2.24, 2.45) is 0 Å². The van der Waals surface area contributed by atoms with Crippen LogP contribution < -0.4 is 5.32 Å². The fraction of sp³-hybridized carbons (Fsp3) is 0.385. The van der Waals surface area contributed by atoms with Gasteiger partial charge in [0.1, 0.15) is 0 Å². The average Bonchev–Trinajstić information content (AvgIpc) is 2.37. The maximum absolute atomic E-state index is 11.6. The Morgan fingerprint density at radius 1 is 1.24 bits per heavy atom. The van der Waals surface area contributed by atoms with E-state index >= 15 is 0 Å². The van der Waals surface area contributed by atoms with Crippen molar-refractivity contribution in [3.63, 3.8) is 0 Å². The van der Waals surface area contributed by atoms with E-state index in [4.69, 9.17) is 4.74 Å². The van der Waals surface area contributed by atoms with Crippen molar-refractivity contribution in [3.8, 4) is 0 Å². The molecule has 0 spiro atoms. The van der Waals surface area contributed by atoms with E-state index in [2.05, 4.69) is 5.32 Å². The van der Waals surface area contributed by atoms with Gasteiger partial charge in [0.25, 0.3) is 0 Å². The standard InChI is InChI=1S/C13H17NO3/c1-2-17-9-8-13(16)14-10-12(15)11-6-4-3-5-7-11/h3-7H,2,8-10H2,1H3,(H,14,16). The zero-order valence-corrected chi connectivity index (χ0v) is 9.94. The van der Waals surface area contributed by atoms with Crippen molar-refractivity contribution >= 4 is 11.7 Å². The summed E-state index contributed by atoms with van der Waals surface area (Å²) >= 11 is 0. The first kappa shape index (κ1) is 13.4. The molecule has 1 amide bonds. The second-order valence-electron chi connectivity index (χ2n) is 3.51. The Kier molecular flexibility index (Phi) is 5.96. The second kappa shape index (κ2) is 7.57. The fourth-order valence-corrected chi connectivity index (χ4v) is 1.30. The largest absolute Gasteiger partial charge is 0.381 e. The van der Waals surface area contributed by atoms with Gasteiger partial charge >= 0.3 is 0 Å². The van der Waals surface area contributed by atoms with Gasteiger partial charge < -0.3 is 10.1 Å². The molecule has 0 unspecified atom stereocenters. The van der Waals surface area contributed by atoms with Crippen LogP contribution in [0.4, 0.5) is 0 Å². The Labute approximate surface area is 101 Å². The van der Waals surface area contributed by atoms with Crippen molar-refractivity contribution in [1.82, 2.24) is 5.32 Å². The second-order valence-corrected chi connectivity index (χ2v) is 3.51. The molecule has 1 aromatic rings. The van der Waals surface area contributed by atoms with Crippen molar-refractivity contribution in [2.45, 2.75) is 13.3 Å². The highest BCUT2D eigenvalue weighted by Crippen LogP contribution is 1.98. The van der Waals surface area contributed by atoms with Crippen LogP contribution in [0.25, 0.3) is 0 Å². The van der Waals surface area contributed by atoms with Crippen LogP contribution in [0.15, 0.2) is 30.3 Å². The molecule has 0 atom stereocenters. The first-order chi connectivity index (χ1) is 8.24. The van der Waals surface area contributed by atoms with Gasteiger partial charge in [0.05, 0.1) is 13.2 Å². The topological polar surface area (TPSA) is 55.4 Å². The monoisotopic (exact) mass is 235 g/mol. The zero-order chi connectivity index (χ0) is 12.5. The highest BCUT2D eigenvalue weighted by molar-refractivity contribution is 5.99. The van der Waals surface area contributed by atoms with Gasteiger partial charge in [-0.3, -0.25) is 9.59 Å². The van der Waals surface area contributed by atoms with Crippen molar-refractivity contribution in [2.75, 3.05) is 19.8 Å². The Balaban J connectivity index is 2.26. The van der Waals surface area contributed by atoms with Crippen LogP contribution in [-0.2, 0) is 9.53 Å². The lowest BCUT2D eigenvalue weighted by Crippen LogP contribution is -2.30. The van der Waals surface area contributed by atoms with E-state index in [1.807, 2.05) is 13.0 Å². The molecule has 0 aliphatic heterocycles. The van der Waals surface area contributed by atoms with Gasteiger partial charge in [0.15, 0.2) is 5.78 Å². The number of hydrogen-bond donors (Lipinski definition) is 1. The molecule has 1 aromatic carbocycles. The van der Waals surface area contributed by atoms with Gasteiger partial charge in [-0.05, 0) is 6.92 Å². The van der Waals surface area contributed by atoms with Crippen LogP contribution in [0.2, 0.25) is 0 Å². The number of rotatable bonds is 7. The lowest BCUT2D eigenvalue weighted by molar-refractivity contribution is -0.121. The predicted molar refractivity (Wildman–Crippen MR) is 64.9 cm³/mol. The van der Waals surface area contributed by atoms with Crippen molar-refractivity contribution < 1.29 is 14.3 Å². The number of Topliss-reactive ketones (excluding diaryl/α,β-unsaturated/α-hetero) is 1. The summed E-state index contributed by atoms with van der Waals surface area (Å²) in [6, 6.07) is 8.90. The molecular formula is C13H17NO3. The number of carbonyl (C=O) groups excluding carboxylic acids is 2.